The number of aliphatic hydroxyl groups is 1. The van der Waals surface area contributed by atoms with Crippen LogP contribution in [0.4, 0.5) is 0 Å². The summed E-state index contributed by atoms with van der Waals surface area (Å²) >= 11 is 7.42. The summed E-state index contributed by atoms with van der Waals surface area (Å²) in [7, 11) is 0. The van der Waals surface area contributed by atoms with E-state index in [1.54, 1.807) is 0 Å². The van der Waals surface area contributed by atoms with E-state index in [0.29, 0.717) is 16.4 Å². The molecule has 17 heavy (non-hydrogen) atoms. The lowest BCUT2D eigenvalue weighted by Gasteiger charge is -2.14. The lowest BCUT2D eigenvalue weighted by Crippen LogP contribution is -2.30. The molecule has 0 aliphatic heterocycles. The molecule has 0 unspecified atom stereocenters. The zero-order valence-electron chi connectivity index (χ0n) is 9.75. The van der Waals surface area contributed by atoms with Crippen molar-refractivity contribution in [2.75, 3.05) is 13.2 Å². The molecular weight excluding hydrogens is 258 g/mol. The Morgan fingerprint density at radius 1 is 1.65 bits per heavy atom. The van der Waals surface area contributed by atoms with Crippen molar-refractivity contribution in [2.45, 2.75) is 26.2 Å². The van der Waals surface area contributed by atoms with E-state index in [9.17, 15) is 4.79 Å². The summed E-state index contributed by atoms with van der Waals surface area (Å²) in [5.41, 5.74) is 1.08. The first-order chi connectivity index (χ1) is 8.08. The first kappa shape index (κ1) is 12.9. The van der Waals surface area contributed by atoms with Crippen LogP contribution < -0.4 is 5.32 Å². The van der Waals surface area contributed by atoms with E-state index in [2.05, 4.69) is 5.32 Å². The summed E-state index contributed by atoms with van der Waals surface area (Å²) < 4.78 is 0. The van der Waals surface area contributed by atoms with Gasteiger partial charge in [0.2, 0.25) is 0 Å². The topological polar surface area (TPSA) is 49.3 Å². The first-order valence-corrected chi connectivity index (χ1v) is 6.96. The smallest absolute Gasteiger partial charge is 0.262 e. The summed E-state index contributed by atoms with van der Waals surface area (Å²) in [6, 6.07) is 0. The minimum Gasteiger partial charge on any atom is -0.396 e. The van der Waals surface area contributed by atoms with Crippen molar-refractivity contribution in [2.24, 2.45) is 5.41 Å². The minimum absolute atomic E-state index is 0.0997. The van der Waals surface area contributed by atoms with Crippen LogP contribution in [0.3, 0.4) is 0 Å². The van der Waals surface area contributed by atoms with Crippen LogP contribution in [0, 0.1) is 12.3 Å². The molecule has 2 N–H and O–H groups in total. The number of rotatable bonds is 5. The van der Waals surface area contributed by atoms with Crippen molar-refractivity contribution in [3.8, 4) is 0 Å². The number of nitrogens with one attached hydrogen (secondary N) is 1. The normalized spacial score (nSPS) is 16.9. The molecule has 1 saturated carbocycles. The molecule has 1 aromatic rings. The Morgan fingerprint density at radius 2 is 2.35 bits per heavy atom. The zero-order chi connectivity index (χ0) is 12.5. The predicted molar refractivity (Wildman–Crippen MR) is 69.8 cm³/mol. The molecule has 1 aliphatic carbocycles. The van der Waals surface area contributed by atoms with Gasteiger partial charge in [0.25, 0.3) is 5.91 Å². The van der Waals surface area contributed by atoms with Crippen LogP contribution in [0.1, 0.15) is 34.5 Å². The predicted octanol–water partition coefficient (Wildman–Crippen LogP) is 2.60. The third kappa shape index (κ3) is 2.81. The Kier molecular flexibility index (Phi) is 3.76. The molecule has 3 nitrogen and oxygen atoms in total. The second kappa shape index (κ2) is 4.96. The highest BCUT2D eigenvalue weighted by Gasteiger charge is 2.42. The molecule has 0 aromatic carbocycles. The molecule has 0 atom stereocenters. The van der Waals surface area contributed by atoms with Crippen molar-refractivity contribution in [3.63, 3.8) is 0 Å². The number of carbonyl (C=O) groups excluding carboxylic acids is 1. The second-order valence-corrected chi connectivity index (χ2v) is 5.98. The van der Waals surface area contributed by atoms with E-state index in [1.807, 2.05) is 12.3 Å². The standard InChI is InChI=1S/C12H16ClNO2S/c1-8-6-17-10(9(8)13)11(16)14-7-12(2-3-12)4-5-15/h6,15H,2-5,7H2,1H3,(H,14,16). The van der Waals surface area contributed by atoms with Gasteiger partial charge in [-0.15, -0.1) is 11.3 Å². The molecule has 1 amide bonds. The van der Waals surface area contributed by atoms with E-state index < -0.39 is 0 Å². The molecular formula is C12H16ClNO2S. The number of thiophene rings is 1. The van der Waals surface area contributed by atoms with Gasteiger partial charge >= 0.3 is 0 Å². The Balaban J connectivity index is 1.92. The molecule has 2 rings (SSSR count). The maximum absolute atomic E-state index is 11.9. The van der Waals surface area contributed by atoms with Gasteiger partial charge < -0.3 is 10.4 Å². The van der Waals surface area contributed by atoms with E-state index in [0.717, 1.165) is 24.8 Å². The molecule has 5 heteroatoms. The third-order valence-electron chi connectivity index (χ3n) is 3.33. The average Bonchev–Trinajstić information content (AvgIpc) is 2.99. The summed E-state index contributed by atoms with van der Waals surface area (Å²) in [6.07, 6.45) is 2.95. The van der Waals surface area contributed by atoms with Crippen LogP contribution in [-0.4, -0.2) is 24.2 Å². The van der Waals surface area contributed by atoms with Crippen LogP contribution in [0.25, 0.3) is 0 Å². The third-order valence-corrected chi connectivity index (χ3v) is 5.02. The number of aryl methyl sites for hydroxylation is 1. The van der Waals surface area contributed by atoms with Crippen LogP contribution in [0.2, 0.25) is 5.02 Å². The molecule has 0 spiro atoms. The van der Waals surface area contributed by atoms with Gasteiger partial charge in [0.05, 0.1) is 5.02 Å². The van der Waals surface area contributed by atoms with Crippen molar-refractivity contribution >= 4 is 28.8 Å². The van der Waals surface area contributed by atoms with Gasteiger partial charge in [-0.05, 0) is 42.5 Å². The van der Waals surface area contributed by atoms with E-state index in [1.165, 1.54) is 11.3 Å². The number of carbonyl (C=O) groups is 1. The Bertz CT molecular complexity index is 426. The molecule has 1 aromatic heterocycles. The summed E-state index contributed by atoms with van der Waals surface area (Å²) in [5.74, 6) is -0.0997. The largest absolute Gasteiger partial charge is 0.396 e. The van der Waals surface area contributed by atoms with E-state index in [-0.39, 0.29) is 17.9 Å². The Labute approximate surface area is 110 Å². The van der Waals surface area contributed by atoms with Gasteiger partial charge in [-0.3, -0.25) is 4.79 Å². The minimum atomic E-state index is -0.0997. The van der Waals surface area contributed by atoms with Crippen LogP contribution in [0.15, 0.2) is 5.38 Å². The van der Waals surface area contributed by atoms with Gasteiger partial charge in [-0.1, -0.05) is 11.6 Å². The Hall–Kier alpha value is -0.580. The van der Waals surface area contributed by atoms with Gasteiger partial charge in [0.1, 0.15) is 4.88 Å². The molecule has 1 aliphatic rings. The molecule has 1 heterocycles. The van der Waals surface area contributed by atoms with Crippen molar-refractivity contribution in [1.29, 1.82) is 0 Å². The highest BCUT2D eigenvalue weighted by Crippen LogP contribution is 2.48. The monoisotopic (exact) mass is 273 g/mol. The molecule has 0 bridgehead atoms. The number of halogens is 1. The van der Waals surface area contributed by atoms with Crippen molar-refractivity contribution in [1.82, 2.24) is 5.32 Å². The zero-order valence-corrected chi connectivity index (χ0v) is 11.3. The number of amides is 1. The molecule has 94 valence electrons. The molecule has 0 saturated heterocycles. The molecule has 0 radical (unpaired) electrons. The molecule has 1 fully saturated rings. The highest BCUT2D eigenvalue weighted by atomic mass is 35.5. The first-order valence-electron chi connectivity index (χ1n) is 5.71. The quantitative estimate of drug-likeness (QED) is 0.866. The fourth-order valence-electron chi connectivity index (χ4n) is 1.86. The van der Waals surface area contributed by atoms with Crippen LogP contribution in [-0.2, 0) is 0 Å². The van der Waals surface area contributed by atoms with Crippen molar-refractivity contribution < 1.29 is 9.90 Å². The average molecular weight is 274 g/mol. The van der Waals surface area contributed by atoms with Gasteiger partial charge in [0.15, 0.2) is 0 Å². The second-order valence-electron chi connectivity index (χ2n) is 4.72. The van der Waals surface area contributed by atoms with Crippen molar-refractivity contribution in [3.05, 3.63) is 20.8 Å². The van der Waals surface area contributed by atoms with Crippen LogP contribution >= 0.6 is 22.9 Å². The summed E-state index contributed by atoms with van der Waals surface area (Å²) in [6.45, 7) is 2.72. The van der Waals surface area contributed by atoms with Crippen LogP contribution in [0.5, 0.6) is 0 Å². The maximum Gasteiger partial charge on any atom is 0.262 e. The highest BCUT2D eigenvalue weighted by molar-refractivity contribution is 7.13. The number of hydrogen-bond donors (Lipinski definition) is 2. The van der Waals surface area contributed by atoms with E-state index in [4.69, 9.17) is 16.7 Å². The lowest BCUT2D eigenvalue weighted by molar-refractivity contribution is 0.0945. The summed E-state index contributed by atoms with van der Waals surface area (Å²) in [4.78, 5) is 12.5. The fourth-order valence-corrected chi connectivity index (χ4v) is 3.06. The van der Waals surface area contributed by atoms with E-state index >= 15 is 0 Å². The Morgan fingerprint density at radius 3 is 2.82 bits per heavy atom. The maximum atomic E-state index is 11.9. The SMILES string of the molecule is Cc1csc(C(=O)NCC2(CCO)CC2)c1Cl. The summed E-state index contributed by atoms with van der Waals surface area (Å²) in [5, 5.41) is 14.3. The van der Waals surface area contributed by atoms with Gasteiger partial charge in [0, 0.05) is 13.2 Å². The number of hydrogen-bond acceptors (Lipinski definition) is 3. The van der Waals surface area contributed by atoms with Gasteiger partial charge in [-0.2, -0.15) is 0 Å². The lowest BCUT2D eigenvalue weighted by atomic mass is 10.0. The number of aliphatic hydroxyl groups excluding tert-OH is 1. The van der Waals surface area contributed by atoms with Gasteiger partial charge in [-0.25, -0.2) is 0 Å². The fraction of sp³-hybridized carbons (Fsp3) is 0.583.